The predicted octanol–water partition coefficient (Wildman–Crippen LogP) is 0.997. The molecular formula is C18H26N4O5S. The number of carbonyl (C=O) groups is 1. The summed E-state index contributed by atoms with van der Waals surface area (Å²) < 4.78 is 22.6. The first-order valence-corrected chi connectivity index (χ1v) is 11.5. The lowest BCUT2D eigenvalue weighted by atomic mass is 10.1. The van der Waals surface area contributed by atoms with E-state index in [-0.39, 0.29) is 17.3 Å². The highest BCUT2D eigenvalue weighted by Crippen LogP contribution is 2.32. The second-order valence-electron chi connectivity index (χ2n) is 7.42. The van der Waals surface area contributed by atoms with Gasteiger partial charge < -0.3 is 9.80 Å². The average Bonchev–Trinajstić information content (AvgIpc) is 3.19. The lowest BCUT2D eigenvalue weighted by Gasteiger charge is -2.34. The van der Waals surface area contributed by atoms with E-state index in [1.54, 1.807) is 17.0 Å². The van der Waals surface area contributed by atoms with Crippen LogP contribution in [0.1, 0.15) is 23.2 Å². The third-order valence-corrected chi connectivity index (χ3v) is 6.23. The molecule has 2 heterocycles. The number of piperazine rings is 1. The van der Waals surface area contributed by atoms with Gasteiger partial charge in [-0.2, -0.15) is 0 Å². The summed E-state index contributed by atoms with van der Waals surface area (Å²) in [5.74, 6) is -0.121. The molecule has 2 aliphatic heterocycles. The molecule has 1 amide bonds. The maximum absolute atomic E-state index is 12.8. The number of nitro benzene ring substituents is 1. The third-order valence-electron chi connectivity index (χ3n) is 5.30. The van der Waals surface area contributed by atoms with Crippen molar-refractivity contribution in [2.24, 2.45) is 0 Å². The van der Waals surface area contributed by atoms with Crippen LogP contribution in [0.2, 0.25) is 0 Å². The van der Waals surface area contributed by atoms with E-state index in [1.165, 1.54) is 12.3 Å². The van der Waals surface area contributed by atoms with E-state index in [2.05, 4.69) is 0 Å². The largest absolute Gasteiger partial charge is 0.366 e. The quantitative estimate of drug-likeness (QED) is 0.509. The minimum Gasteiger partial charge on any atom is -0.366 e. The predicted molar refractivity (Wildman–Crippen MR) is 107 cm³/mol. The lowest BCUT2D eigenvalue weighted by molar-refractivity contribution is -0.384. The summed E-state index contributed by atoms with van der Waals surface area (Å²) in [5.41, 5.74) is 0.864. The van der Waals surface area contributed by atoms with Crippen molar-refractivity contribution in [2.45, 2.75) is 12.8 Å². The summed E-state index contributed by atoms with van der Waals surface area (Å²) in [4.78, 5) is 29.6. The lowest BCUT2D eigenvalue weighted by Crippen LogP contribution is -2.49. The van der Waals surface area contributed by atoms with Gasteiger partial charge in [0.1, 0.15) is 15.5 Å². The van der Waals surface area contributed by atoms with Gasteiger partial charge in [0.25, 0.3) is 11.6 Å². The highest BCUT2D eigenvalue weighted by Gasteiger charge is 2.27. The van der Waals surface area contributed by atoms with Crippen LogP contribution in [0.5, 0.6) is 0 Å². The molecule has 10 heteroatoms. The van der Waals surface area contributed by atoms with Crippen molar-refractivity contribution in [1.82, 2.24) is 9.80 Å². The highest BCUT2D eigenvalue weighted by molar-refractivity contribution is 7.90. The first kappa shape index (κ1) is 20.5. The molecule has 0 saturated carbocycles. The number of benzene rings is 1. The van der Waals surface area contributed by atoms with Crippen LogP contribution in [0, 0.1) is 10.1 Å². The molecule has 9 nitrogen and oxygen atoms in total. The van der Waals surface area contributed by atoms with E-state index in [0.29, 0.717) is 44.0 Å². The SMILES string of the molecule is CS(=O)(=O)CCN1CCN(C(=O)c2ccc(N3CCCC3)c([N+](=O)[O-])c2)CC1. The van der Waals surface area contributed by atoms with Crippen LogP contribution in [-0.2, 0) is 9.84 Å². The van der Waals surface area contributed by atoms with Gasteiger partial charge in [-0.15, -0.1) is 0 Å². The van der Waals surface area contributed by atoms with Crippen LogP contribution in [0.3, 0.4) is 0 Å². The van der Waals surface area contributed by atoms with Crippen molar-refractivity contribution in [1.29, 1.82) is 0 Å². The van der Waals surface area contributed by atoms with Crippen LogP contribution in [0.25, 0.3) is 0 Å². The summed E-state index contributed by atoms with van der Waals surface area (Å²) in [5, 5.41) is 11.5. The Morgan fingerprint density at radius 1 is 1.11 bits per heavy atom. The molecule has 154 valence electrons. The van der Waals surface area contributed by atoms with E-state index in [1.807, 2.05) is 9.80 Å². The van der Waals surface area contributed by atoms with Gasteiger partial charge in [-0.25, -0.2) is 8.42 Å². The zero-order valence-electron chi connectivity index (χ0n) is 16.0. The number of sulfone groups is 1. The fourth-order valence-corrected chi connectivity index (χ4v) is 4.27. The molecule has 0 bridgehead atoms. The number of hydrogen-bond donors (Lipinski definition) is 0. The normalized spacial score (nSPS) is 18.5. The first-order valence-electron chi connectivity index (χ1n) is 9.47. The maximum Gasteiger partial charge on any atom is 0.293 e. The van der Waals surface area contributed by atoms with Crippen LogP contribution in [0.15, 0.2) is 18.2 Å². The molecule has 0 unspecified atom stereocenters. The smallest absolute Gasteiger partial charge is 0.293 e. The Morgan fingerprint density at radius 3 is 2.32 bits per heavy atom. The van der Waals surface area contributed by atoms with Crippen LogP contribution in [0.4, 0.5) is 11.4 Å². The molecule has 0 spiro atoms. The molecule has 0 aliphatic carbocycles. The number of nitrogens with zero attached hydrogens (tertiary/aromatic N) is 4. The number of anilines is 1. The highest BCUT2D eigenvalue weighted by atomic mass is 32.2. The minimum absolute atomic E-state index is 0.0282. The molecule has 28 heavy (non-hydrogen) atoms. The van der Waals surface area contributed by atoms with Crippen molar-refractivity contribution in [3.8, 4) is 0 Å². The molecule has 1 aromatic rings. The van der Waals surface area contributed by atoms with Gasteiger partial charge in [-0.3, -0.25) is 19.8 Å². The summed E-state index contributed by atoms with van der Waals surface area (Å²) in [6.45, 7) is 4.18. The van der Waals surface area contributed by atoms with Crippen LogP contribution < -0.4 is 4.90 Å². The standard InChI is InChI=1S/C18H26N4O5S/c1-28(26,27)13-12-19-8-10-21(11-9-19)18(23)15-4-5-16(17(14-15)22(24)25)20-6-2-3-7-20/h4-5,14H,2-3,6-13H2,1H3. The van der Waals surface area contributed by atoms with Crippen molar-refractivity contribution in [3.05, 3.63) is 33.9 Å². The van der Waals surface area contributed by atoms with Gasteiger partial charge in [0.2, 0.25) is 0 Å². The molecule has 1 aromatic carbocycles. The Kier molecular flexibility index (Phi) is 6.19. The second-order valence-corrected chi connectivity index (χ2v) is 9.68. The monoisotopic (exact) mass is 410 g/mol. The van der Waals surface area contributed by atoms with Crippen molar-refractivity contribution in [3.63, 3.8) is 0 Å². The number of hydrogen-bond acceptors (Lipinski definition) is 7. The van der Waals surface area contributed by atoms with E-state index >= 15 is 0 Å². The Bertz CT molecular complexity index is 844. The Morgan fingerprint density at radius 2 is 1.75 bits per heavy atom. The fourth-order valence-electron chi connectivity index (χ4n) is 3.68. The second kappa shape index (κ2) is 8.44. The minimum atomic E-state index is -3.01. The summed E-state index contributed by atoms with van der Waals surface area (Å²) in [6, 6.07) is 4.73. The van der Waals surface area contributed by atoms with E-state index in [0.717, 1.165) is 25.9 Å². The van der Waals surface area contributed by atoms with Gasteiger partial charge in [0, 0.05) is 63.7 Å². The maximum atomic E-state index is 12.8. The Labute approximate surface area is 165 Å². The van der Waals surface area contributed by atoms with E-state index in [4.69, 9.17) is 0 Å². The first-order chi connectivity index (χ1) is 13.2. The van der Waals surface area contributed by atoms with Gasteiger partial charge in [0.05, 0.1) is 10.7 Å². The number of nitro groups is 1. The number of carbonyl (C=O) groups excluding carboxylic acids is 1. The molecule has 0 atom stereocenters. The van der Waals surface area contributed by atoms with Crippen molar-refractivity contribution in [2.75, 3.05) is 62.7 Å². The van der Waals surface area contributed by atoms with Gasteiger partial charge >= 0.3 is 0 Å². The topological polar surface area (TPSA) is 104 Å². The Hall–Kier alpha value is -2.20. The molecule has 2 saturated heterocycles. The molecular weight excluding hydrogens is 384 g/mol. The van der Waals surface area contributed by atoms with Crippen LogP contribution in [-0.4, -0.2) is 86.9 Å². The summed E-state index contributed by atoms with van der Waals surface area (Å²) in [7, 11) is -3.01. The van der Waals surface area contributed by atoms with Crippen LogP contribution >= 0.6 is 0 Å². The molecule has 2 fully saturated rings. The molecule has 2 aliphatic rings. The third kappa shape index (κ3) is 4.99. The molecule has 3 rings (SSSR count). The summed E-state index contributed by atoms with van der Waals surface area (Å²) >= 11 is 0. The zero-order chi connectivity index (χ0) is 20.3. The molecule has 0 aromatic heterocycles. The van der Waals surface area contributed by atoms with Crippen molar-refractivity contribution >= 4 is 27.1 Å². The molecule has 0 radical (unpaired) electrons. The van der Waals surface area contributed by atoms with Gasteiger partial charge in [-0.05, 0) is 25.0 Å². The van der Waals surface area contributed by atoms with Crippen molar-refractivity contribution < 1.29 is 18.1 Å². The van der Waals surface area contributed by atoms with E-state index < -0.39 is 14.8 Å². The zero-order valence-corrected chi connectivity index (χ0v) is 16.9. The fraction of sp³-hybridized carbons (Fsp3) is 0.611. The number of amides is 1. The van der Waals surface area contributed by atoms with Gasteiger partial charge in [0.15, 0.2) is 0 Å². The van der Waals surface area contributed by atoms with Gasteiger partial charge in [-0.1, -0.05) is 0 Å². The summed E-state index contributed by atoms with van der Waals surface area (Å²) in [6.07, 6.45) is 3.24. The molecule has 0 N–H and O–H groups in total. The van der Waals surface area contributed by atoms with E-state index in [9.17, 15) is 23.3 Å². The number of rotatable bonds is 6. The average molecular weight is 410 g/mol. The Balaban J connectivity index is 1.66.